The summed E-state index contributed by atoms with van der Waals surface area (Å²) < 4.78 is 11.7. The molecule has 2 heterocycles. The lowest BCUT2D eigenvalue weighted by atomic mass is 10.2. The van der Waals surface area contributed by atoms with E-state index in [4.69, 9.17) is 9.47 Å². The molecular weight excluding hydrogens is 328 g/mol. The van der Waals surface area contributed by atoms with E-state index in [-0.39, 0.29) is 0 Å². The Balaban J connectivity index is 1.54. The van der Waals surface area contributed by atoms with Crippen LogP contribution in [-0.2, 0) is 13.0 Å². The van der Waals surface area contributed by atoms with Crippen LogP contribution >= 0.6 is 27.3 Å². The van der Waals surface area contributed by atoms with E-state index in [9.17, 15) is 0 Å². The van der Waals surface area contributed by atoms with Crippen LogP contribution < -0.4 is 14.8 Å². The minimum atomic E-state index is 0.300. The molecule has 0 bridgehead atoms. The molecule has 0 saturated heterocycles. The van der Waals surface area contributed by atoms with Crippen LogP contribution in [0.3, 0.4) is 0 Å². The van der Waals surface area contributed by atoms with Crippen molar-refractivity contribution < 1.29 is 9.47 Å². The molecule has 0 spiro atoms. The lowest BCUT2D eigenvalue weighted by molar-refractivity contribution is 0.173. The van der Waals surface area contributed by atoms with E-state index in [0.717, 1.165) is 41.2 Å². The number of fused-ring (bicyclic) bond motifs is 1. The lowest BCUT2D eigenvalue weighted by Crippen LogP contribution is -2.16. The van der Waals surface area contributed by atoms with Crippen LogP contribution in [0.2, 0.25) is 0 Å². The van der Waals surface area contributed by atoms with E-state index in [1.807, 2.05) is 11.6 Å². The van der Waals surface area contributed by atoms with Crippen molar-refractivity contribution in [2.24, 2.45) is 0 Å². The molecule has 0 atom stereocenters. The number of hydrogen-bond donors (Lipinski definition) is 1. The topological polar surface area (TPSA) is 43.4 Å². The van der Waals surface area contributed by atoms with Crippen molar-refractivity contribution in [2.45, 2.75) is 13.0 Å². The van der Waals surface area contributed by atoms with E-state index in [2.05, 4.69) is 37.7 Å². The molecular formula is C13H13BrN2O2S. The standard InChI is InChI=1S/C13H13BrN2O2S/c14-11-3-9(4-12-13(11)18-8-17-12)5-15-2-1-10-6-19-7-16-10/h3-4,6-7,15H,1-2,5,8H2. The molecule has 19 heavy (non-hydrogen) atoms. The van der Waals surface area contributed by atoms with Crippen LogP contribution in [0, 0.1) is 0 Å². The zero-order chi connectivity index (χ0) is 13.1. The summed E-state index contributed by atoms with van der Waals surface area (Å²) in [6, 6.07) is 4.08. The smallest absolute Gasteiger partial charge is 0.231 e. The van der Waals surface area contributed by atoms with Crippen molar-refractivity contribution >= 4 is 27.3 Å². The van der Waals surface area contributed by atoms with Gasteiger partial charge >= 0.3 is 0 Å². The van der Waals surface area contributed by atoms with Gasteiger partial charge < -0.3 is 14.8 Å². The van der Waals surface area contributed by atoms with E-state index in [0.29, 0.717) is 6.79 Å². The van der Waals surface area contributed by atoms with Crippen LogP contribution in [0.4, 0.5) is 0 Å². The molecule has 1 aromatic carbocycles. The summed E-state index contributed by atoms with van der Waals surface area (Å²) in [5.41, 5.74) is 4.18. The highest BCUT2D eigenvalue weighted by atomic mass is 79.9. The van der Waals surface area contributed by atoms with Crippen LogP contribution in [-0.4, -0.2) is 18.3 Å². The van der Waals surface area contributed by atoms with Gasteiger partial charge in [-0.2, -0.15) is 0 Å². The summed E-state index contributed by atoms with van der Waals surface area (Å²) in [7, 11) is 0. The zero-order valence-corrected chi connectivity index (χ0v) is 12.6. The Morgan fingerprint density at radius 3 is 3.16 bits per heavy atom. The molecule has 1 aromatic heterocycles. The van der Waals surface area contributed by atoms with Crippen molar-refractivity contribution in [3.63, 3.8) is 0 Å². The fraction of sp³-hybridized carbons (Fsp3) is 0.308. The predicted octanol–water partition coefficient (Wildman–Crippen LogP) is 2.97. The van der Waals surface area contributed by atoms with Crippen molar-refractivity contribution in [1.82, 2.24) is 10.3 Å². The van der Waals surface area contributed by atoms with Crippen molar-refractivity contribution in [3.05, 3.63) is 38.8 Å². The Labute approximate surface area is 123 Å². The minimum absolute atomic E-state index is 0.300. The highest BCUT2D eigenvalue weighted by Gasteiger charge is 2.17. The number of nitrogens with one attached hydrogen (secondary N) is 1. The van der Waals surface area contributed by atoms with Gasteiger partial charge in [0.25, 0.3) is 0 Å². The third-order valence-electron chi connectivity index (χ3n) is 2.86. The van der Waals surface area contributed by atoms with Crippen molar-refractivity contribution in [3.8, 4) is 11.5 Å². The van der Waals surface area contributed by atoms with Gasteiger partial charge in [-0.05, 0) is 33.6 Å². The minimum Gasteiger partial charge on any atom is -0.454 e. The van der Waals surface area contributed by atoms with Crippen LogP contribution in [0.25, 0.3) is 0 Å². The molecule has 0 aliphatic carbocycles. The molecule has 0 fully saturated rings. The number of benzene rings is 1. The SMILES string of the molecule is Brc1cc(CNCCc2cscn2)cc2c1OCO2. The predicted molar refractivity (Wildman–Crippen MR) is 77.8 cm³/mol. The Kier molecular flexibility index (Phi) is 4.00. The maximum Gasteiger partial charge on any atom is 0.231 e. The van der Waals surface area contributed by atoms with Gasteiger partial charge in [0.1, 0.15) is 0 Å². The third-order valence-corrected chi connectivity index (χ3v) is 4.08. The van der Waals surface area contributed by atoms with Crippen LogP contribution in [0.15, 0.2) is 27.5 Å². The Morgan fingerprint density at radius 2 is 2.32 bits per heavy atom. The van der Waals surface area contributed by atoms with E-state index >= 15 is 0 Å². The second-order valence-electron chi connectivity index (χ2n) is 4.22. The number of rotatable bonds is 5. The number of halogens is 1. The Morgan fingerprint density at radius 1 is 1.37 bits per heavy atom. The quantitative estimate of drug-likeness (QED) is 0.850. The molecule has 1 aliphatic rings. The first-order chi connectivity index (χ1) is 9.33. The van der Waals surface area contributed by atoms with Crippen LogP contribution in [0.1, 0.15) is 11.3 Å². The lowest BCUT2D eigenvalue weighted by Gasteiger charge is -2.06. The summed E-state index contributed by atoms with van der Waals surface area (Å²) in [4.78, 5) is 4.26. The first kappa shape index (κ1) is 12.9. The first-order valence-electron chi connectivity index (χ1n) is 5.99. The third kappa shape index (κ3) is 3.08. The van der Waals surface area contributed by atoms with Gasteiger partial charge in [0.2, 0.25) is 6.79 Å². The molecule has 100 valence electrons. The van der Waals surface area contributed by atoms with E-state index in [1.54, 1.807) is 11.3 Å². The Bertz CT molecular complexity index is 560. The second-order valence-corrected chi connectivity index (χ2v) is 5.79. The monoisotopic (exact) mass is 340 g/mol. The van der Waals surface area contributed by atoms with Gasteiger partial charge in [-0.15, -0.1) is 11.3 Å². The van der Waals surface area contributed by atoms with Crippen LogP contribution in [0.5, 0.6) is 11.5 Å². The molecule has 0 radical (unpaired) electrons. The average molecular weight is 341 g/mol. The van der Waals surface area contributed by atoms with E-state index < -0.39 is 0 Å². The van der Waals surface area contributed by atoms with Crippen molar-refractivity contribution in [2.75, 3.05) is 13.3 Å². The molecule has 6 heteroatoms. The summed E-state index contributed by atoms with van der Waals surface area (Å²) in [6.45, 7) is 2.02. The largest absolute Gasteiger partial charge is 0.454 e. The molecule has 1 N–H and O–H groups in total. The number of nitrogens with zero attached hydrogens (tertiary/aromatic N) is 1. The summed E-state index contributed by atoms with van der Waals surface area (Å²) in [5, 5.41) is 5.49. The van der Waals surface area contributed by atoms with E-state index in [1.165, 1.54) is 5.56 Å². The molecule has 2 aromatic rings. The van der Waals surface area contributed by atoms with Gasteiger partial charge in [-0.25, -0.2) is 4.98 Å². The first-order valence-corrected chi connectivity index (χ1v) is 7.72. The highest BCUT2D eigenvalue weighted by Crippen LogP contribution is 2.39. The number of thiazole rings is 1. The number of aromatic nitrogens is 1. The molecule has 1 aliphatic heterocycles. The highest BCUT2D eigenvalue weighted by molar-refractivity contribution is 9.10. The Hall–Kier alpha value is -1.11. The molecule has 0 saturated carbocycles. The maximum atomic E-state index is 5.40. The summed E-state index contributed by atoms with van der Waals surface area (Å²) >= 11 is 5.13. The normalized spacial score (nSPS) is 12.9. The summed E-state index contributed by atoms with van der Waals surface area (Å²) in [5.74, 6) is 1.61. The number of ether oxygens (including phenoxy) is 2. The fourth-order valence-corrected chi connectivity index (χ4v) is 3.13. The zero-order valence-electron chi connectivity index (χ0n) is 10.2. The van der Waals surface area contributed by atoms with Gasteiger partial charge in [0, 0.05) is 24.9 Å². The van der Waals surface area contributed by atoms with Gasteiger partial charge in [-0.3, -0.25) is 0 Å². The second kappa shape index (κ2) is 5.90. The van der Waals surface area contributed by atoms with Gasteiger partial charge in [0.15, 0.2) is 11.5 Å². The summed E-state index contributed by atoms with van der Waals surface area (Å²) in [6.07, 6.45) is 0.954. The van der Waals surface area contributed by atoms with Gasteiger partial charge in [-0.1, -0.05) is 0 Å². The average Bonchev–Trinajstić information content (AvgIpc) is 3.05. The molecule has 0 amide bonds. The van der Waals surface area contributed by atoms with Gasteiger partial charge in [0.05, 0.1) is 15.7 Å². The molecule has 4 nitrogen and oxygen atoms in total. The number of hydrogen-bond acceptors (Lipinski definition) is 5. The fourth-order valence-electron chi connectivity index (χ4n) is 1.93. The molecule has 0 unspecified atom stereocenters. The maximum absolute atomic E-state index is 5.40. The molecule has 3 rings (SSSR count). The van der Waals surface area contributed by atoms with Crippen molar-refractivity contribution in [1.29, 1.82) is 0 Å².